The summed E-state index contributed by atoms with van der Waals surface area (Å²) in [5, 5.41) is 0.791. The molecule has 2 rings (SSSR count). The monoisotopic (exact) mass is 210 g/mol. The van der Waals surface area contributed by atoms with Crippen molar-refractivity contribution < 1.29 is 0 Å². The fourth-order valence-corrected chi connectivity index (χ4v) is 2.00. The van der Waals surface area contributed by atoms with Crippen molar-refractivity contribution in [1.82, 2.24) is 4.90 Å². The number of likely N-dealkylation sites (tertiary alicyclic amines) is 1. The Morgan fingerprint density at radius 1 is 1.36 bits per heavy atom. The van der Waals surface area contributed by atoms with E-state index in [1.165, 1.54) is 12.0 Å². The molecule has 0 amide bonds. The van der Waals surface area contributed by atoms with Gasteiger partial charge in [0.1, 0.15) is 0 Å². The van der Waals surface area contributed by atoms with Crippen LogP contribution in [0.2, 0.25) is 5.02 Å². The van der Waals surface area contributed by atoms with Gasteiger partial charge < -0.3 is 5.73 Å². The molecule has 76 valence electrons. The van der Waals surface area contributed by atoms with Crippen molar-refractivity contribution in [2.24, 2.45) is 5.73 Å². The first kappa shape index (κ1) is 9.97. The highest BCUT2D eigenvalue weighted by Crippen LogP contribution is 2.17. The highest BCUT2D eigenvalue weighted by Gasteiger charge is 2.20. The van der Waals surface area contributed by atoms with Crippen LogP contribution in [0.15, 0.2) is 24.3 Å². The third kappa shape index (κ3) is 2.27. The molecule has 2 nitrogen and oxygen atoms in total. The van der Waals surface area contributed by atoms with Crippen molar-refractivity contribution in [1.29, 1.82) is 0 Å². The molecule has 1 unspecified atom stereocenters. The maximum absolute atomic E-state index is 5.96. The Balaban J connectivity index is 2.00. The zero-order valence-electron chi connectivity index (χ0n) is 8.12. The summed E-state index contributed by atoms with van der Waals surface area (Å²) in [6.45, 7) is 2.06. The smallest absolute Gasteiger partial charge is 0.0575 e. The molecule has 2 N–H and O–H groups in total. The van der Waals surface area contributed by atoms with Gasteiger partial charge in [-0.05, 0) is 30.5 Å². The van der Waals surface area contributed by atoms with Crippen LogP contribution in [-0.2, 0) is 6.54 Å². The predicted octanol–water partition coefficient (Wildman–Crippen LogP) is 2.22. The molecule has 3 heteroatoms. The van der Waals surface area contributed by atoms with E-state index in [1.54, 1.807) is 0 Å². The lowest BCUT2D eigenvalue weighted by molar-refractivity contribution is 0.250. The minimum Gasteiger partial charge on any atom is -0.316 e. The van der Waals surface area contributed by atoms with E-state index in [1.807, 2.05) is 12.1 Å². The third-order valence-corrected chi connectivity index (χ3v) is 2.97. The fourth-order valence-electron chi connectivity index (χ4n) is 1.87. The molecule has 0 spiro atoms. The summed E-state index contributed by atoms with van der Waals surface area (Å²) in [6, 6.07) is 7.98. The van der Waals surface area contributed by atoms with Gasteiger partial charge in [0, 0.05) is 18.1 Å². The minimum absolute atomic E-state index is 0.241. The number of halogens is 1. The lowest BCUT2D eigenvalue weighted by Gasteiger charge is -2.20. The SMILES string of the molecule is NC1CCCN1Cc1ccc(Cl)cc1. The largest absolute Gasteiger partial charge is 0.316 e. The lowest BCUT2D eigenvalue weighted by Crippen LogP contribution is -2.35. The minimum atomic E-state index is 0.241. The summed E-state index contributed by atoms with van der Waals surface area (Å²) in [6.07, 6.45) is 2.58. The molecular formula is C11H15ClN2. The van der Waals surface area contributed by atoms with Crippen LogP contribution >= 0.6 is 11.6 Å². The van der Waals surface area contributed by atoms with Crippen LogP contribution in [0.25, 0.3) is 0 Å². The first-order valence-corrected chi connectivity index (χ1v) is 5.37. The normalized spacial score (nSPS) is 22.9. The highest BCUT2D eigenvalue weighted by atomic mass is 35.5. The molecule has 0 aliphatic carbocycles. The Morgan fingerprint density at radius 2 is 2.07 bits per heavy atom. The van der Waals surface area contributed by atoms with Crippen LogP contribution in [0.1, 0.15) is 18.4 Å². The molecule has 1 aromatic carbocycles. The van der Waals surface area contributed by atoms with E-state index in [9.17, 15) is 0 Å². The van der Waals surface area contributed by atoms with Gasteiger partial charge in [-0.1, -0.05) is 23.7 Å². The molecule has 1 aromatic rings. The van der Waals surface area contributed by atoms with E-state index < -0.39 is 0 Å². The van der Waals surface area contributed by atoms with Crippen molar-refractivity contribution >= 4 is 11.6 Å². The van der Waals surface area contributed by atoms with E-state index >= 15 is 0 Å². The quantitative estimate of drug-likeness (QED) is 0.811. The predicted molar refractivity (Wildman–Crippen MR) is 59.1 cm³/mol. The molecule has 0 radical (unpaired) electrons. The van der Waals surface area contributed by atoms with Gasteiger partial charge in [-0.3, -0.25) is 4.90 Å². The van der Waals surface area contributed by atoms with E-state index in [-0.39, 0.29) is 6.17 Å². The Bertz CT molecular complexity index is 297. The number of nitrogens with two attached hydrogens (primary N) is 1. The number of hydrogen-bond donors (Lipinski definition) is 1. The second-order valence-electron chi connectivity index (χ2n) is 3.81. The van der Waals surface area contributed by atoms with Crippen molar-refractivity contribution in [3.05, 3.63) is 34.9 Å². The molecule has 1 aliphatic heterocycles. The van der Waals surface area contributed by atoms with Crippen molar-refractivity contribution in [3.8, 4) is 0 Å². The van der Waals surface area contributed by atoms with E-state index in [2.05, 4.69) is 17.0 Å². The second kappa shape index (κ2) is 4.30. The number of rotatable bonds is 2. The van der Waals surface area contributed by atoms with Crippen molar-refractivity contribution in [2.45, 2.75) is 25.6 Å². The van der Waals surface area contributed by atoms with Gasteiger partial charge >= 0.3 is 0 Å². The van der Waals surface area contributed by atoms with Crippen LogP contribution in [-0.4, -0.2) is 17.6 Å². The van der Waals surface area contributed by atoms with E-state index in [0.29, 0.717) is 0 Å². The average Bonchev–Trinajstić information content (AvgIpc) is 2.56. The summed E-state index contributed by atoms with van der Waals surface area (Å²) < 4.78 is 0. The number of benzene rings is 1. The van der Waals surface area contributed by atoms with Crippen LogP contribution in [0.5, 0.6) is 0 Å². The van der Waals surface area contributed by atoms with Gasteiger partial charge in [-0.25, -0.2) is 0 Å². The van der Waals surface area contributed by atoms with Gasteiger partial charge in [0.15, 0.2) is 0 Å². The standard InChI is InChI=1S/C11H15ClN2/c12-10-5-3-9(4-6-10)8-14-7-1-2-11(14)13/h3-6,11H,1-2,7-8,13H2. The molecule has 14 heavy (non-hydrogen) atoms. The molecule has 1 atom stereocenters. The van der Waals surface area contributed by atoms with E-state index in [0.717, 1.165) is 24.5 Å². The summed E-state index contributed by atoms with van der Waals surface area (Å²) in [5.74, 6) is 0. The van der Waals surface area contributed by atoms with Crippen molar-refractivity contribution in [2.75, 3.05) is 6.54 Å². The molecule has 0 aromatic heterocycles. The topological polar surface area (TPSA) is 29.3 Å². The molecule has 1 fully saturated rings. The number of nitrogens with zero attached hydrogens (tertiary/aromatic N) is 1. The molecule has 1 saturated heterocycles. The maximum Gasteiger partial charge on any atom is 0.0575 e. The van der Waals surface area contributed by atoms with Crippen LogP contribution in [0, 0.1) is 0 Å². The Labute approximate surface area is 89.7 Å². The zero-order chi connectivity index (χ0) is 9.97. The summed E-state index contributed by atoms with van der Waals surface area (Å²) in [5.41, 5.74) is 7.24. The molecule has 0 bridgehead atoms. The lowest BCUT2D eigenvalue weighted by atomic mass is 10.2. The summed E-state index contributed by atoms with van der Waals surface area (Å²) >= 11 is 5.82. The first-order valence-electron chi connectivity index (χ1n) is 5.00. The Kier molecular flexibility index (Phi) is 3.06. The third-order valence-electron chi connectivity index (χ3n) is 2.71. The number of hydrogen-bond acceptors (Lipinski definition) is 2. The van der Waals surface area contributed by atoms with Gasteiger partial charge in [-0.2, -0.15) is 0 Å². The average molecular weight is 211 g/mol. The Hall–Kier alpha value is -0.570. The van der Waals surface area contributed by atoms with Crippen LogP contribution in [0.4, 0.5) is 0 Å². The van der Waals surface area contributed by atoms with Gasteiger partial charge in [0.2, 0.25) is 0 Å². The van der Waals surface area contributed by atoms with Crippen LogP contribution in [0.3, 0.4) is 0 Å². The summed E-state index contributed by atoms with van der Waals surface area (Å²) in [4.78, 5) is 2.31. The molecular weight excluding hydrogens is 196 g/mol. The maximum atomic E-state index is 5.96. The van der Waals surface area contributed by atoms with E-state index in [4.69, 9.17) is 17.3 Å². The molecule has 1 heterocycles. The van der Waals surface area contributed by atoms with Gasteiger partial charge in [0.25, 0.3) is 0 Å². The summed E-state index contributed by atoms with van der Waals surface area (Å²) in [7, 11) is 0. The highest BCUT2D eigenvalue weighted by molar-refractivity contribution is 6.30. The zero-order valence-corrected chi connectivity index (χ0v) is 8.87. The Morgan fingerprint density at radius 3 is 2.64 bits per heavy atom. The van der Waals surface area contributed by atoms with Crippen LogP contribution < -0.4 is 5.73 Å². The first-order chi connectivity index (χ1) is 6.75. The molecule has 1 aliphatic rings. The van der Waals surface area contributed by atoms with Crippen molar-refractivity contribution in [3.63, 3.8) is 0 Å². The second-order valence-corrected chi connectivity index (χ2v) is 4.24. The van der Waals surface area contributed by atoms with Gasteiger partial charge in [-0.15, -0.1) is 0 Å². The fraction of sp³-hybridized carbons (Fsp3) is 0.455. The molecule has 0 saturated carbocycles. The van der Waals surface area contributed by atoms with Gasteiger partial charge in [0.05, 0.1) is 6.17 Å².